The van der Waals surface area contributed by atoms with Gasteiger partial charge < -0.3 is 57.7 Å². The van der Waals surface area contributed by atoms with E-state index >= 15 is 0 Å². The van der Waals surface area contributed by atoms with Crippen molar-refractivity contribution in [2.45, 2.75) is 75.3 Å². The van der Waals surface area contributed by atoms with Crippen LogP contribution in [0.4, 0.5) is 11.6 Å². The molecule has 0 saturated carbocycles. The van der Waals surface area contributed by atoms with Gasteiger partial charge in [-0.25, -0.2) is 24.5 Å². The zero-order valence-corrected chi connectivity index (χ0v) is 32.0. The first-order chi connectivity index (χ1) is 29.1. The molecule has 6 atom stereocenters. The number of ether oxygens (including phenoxy) is 2. The van der Waals surface area contributed by atoms with E-state index in [-0.39, 0.29) is 46.8 Å². The number of benzene rings is 1. The van der Waals surface area contributed by atoms with Gasteiger partial charge in [0.05, 0.1) is 24.8 Å². The summed E-state index contributed by atoms with van der Waals surface area (Å²) >= 11 is 0. The van der Waals surface area contributed by atoms with E-state index < -0.39 is 90.3 Å². The Labute approximate surface area is 341 Å². The smallest absolute Gasteiger partial charge is 0.328 e. The van der Waals surface area contributed by atoms with E-state index in [0.717, 1.165) is 23.7 Å². The van der Waals surface area contributed by atoms with Crippen LogP contribution < -0.4 is 44.6 Å². The average molecular weight is 854 g/mol. The standard InChI is InChI=1S/C29H29N11O11.C6H14N2O2/c30-28-36-21-17(24(46)38-28)34-13(8-32-21)7-31-12-3-1-11(2-4-12)23(45)35-14(5-6-16(41)42)27(48)50-9-15-19(43)20(44)26(51-15)40-10-33-18-22(40)37-29(49)39-25(18)47;7-4-2-1-3-5(8)6(9)10/h1-4,8,10,14-15,19-20,26,31,43-44H,5-7,9H2,(H,35,45)(H,41,42)(H2,37,39,47,49)(H3,30,32,36,38,46);5H,1-4,7-8H2,(H,9,10)/t14?,15-,19-,20-,26-;5-/m10/s1. The van der Waals surface area contributed by atoms with Crippen LogP contribution in [0.25, 0.3) is 22.3 Å². The molecule has 5 aromatic rings. The maximum atomic E-state index is 13.1. The second-order valence-corrected chi connectivity index (χ2v) is 13.5. The van der Waals surface area contributed by atoms with E-state index in [1.165, 1.54) is 18.3 Å². The number of esters is 1. The molecule has 1 unspecified atom stereocenters. The van der Waals surface area contributed by atoms with E-state index in [4.69, 9.17) is 31.8 Å². The zero-order chi connectivity index (χ0) is 44.4. The van der Waals surface area contributed by atoms with Gasteiger partial charge in [-0.2, -0.15) is 4.98 Å². The van der Waals surface area contributed by atoms with Gasteiger partial charge in [0.15, 0.2) is 22.9 Å². The molecule has 0 spiro atoms. The fraction of sp³-hybridized carbons (Fsp3) is 0.400. The lowest BCUT2D eigenvalue weighted by Crippen LogP contribution is -2.43. The van der Waals surface area contributed by atoms with Gasteiger partial charge in [-0.15, -0.1) is 0 Å². The molecule has 0 radical (unpaired) electrons. The Kier molecular flexibility index (Phi) is 14.9. The van der Waals surface area contributed by atoms with Crippen LogP contribution in [0.15, 0.2) is 51.2 Å². The number of aliphatic hydroxyl groups is 2. The fourth-order valence-corrected chi connectivity index (χ4v) is 5.89. The lowest BCUT2D eigenvalue weighted by molar-refractivity contribution is -0.152. The Morgan fingerprint density at radius 3 is 2.34 bits per heavy atom. The Morgan fingerprint density at radius 1 is 0.934 bits per heavy atom. The van der Waals surface area contributed by atoms with Crippen molar-refractivity contribution in [1.82, 2.24) is 44.8 Å². The minimum atomic E-state index is -1.60. The number of carboxylic acids is 2. The van der Waals surface area contributed by atoms with Crippen molar-refractivity contribution < 1.29 is 49.1 Å². The highest BCUT2D eigenvalue weighted by Gasteiger charge is 2.45. The van der Waals surface area contributed by atoms with E-state index in [0.29, 0.717) is 24.3 Å². The number of carbonyl (C=O) groups excluding carboxylic acids is 2. The van der Waals surface area contributed by atoms with Gasteiger partial charge in [0.1, 0.15) is 42.6 Å². The zero-order valence-electron chi connectivity index (χ0n) is 32.0. The number of nitrogens with zero attached hydrogens (tertiary/aromatic N) is 5. The Balaban J connectivity index is 0.000000626. The number of imidazole rings is 1. The number of carbonyl (C=O) groups is 4. The van der Waals surface area contributed by atoms with Crippen molar-refractivity contribution in [3.63, 3.8) is 0 Å². The molecule has 326 valence electrons. The molecule has 4 aromatic heterocycles. The van der Waals surface area contributed by atoms with Crippen molar-refractivity contribution in [1.29, 1.82) is 0 Å². The van der Waals surface area contributed by atoms with Gasteiger partial charge in [-0.1, -0.05) is 6.42 Å². The van der Waals surface area contributed by atoms with Gasteiger partial charge in [-0.05, 0) is 50.1 Å². The number of aliphatic carboxylic acids is 2. The van der Waals surface area contributed by atoms with Gasteiger partial charge in [0.25, 0.3) is 17.0 Å². The van der Waals surface area contributed by atoms with Crippen LogP contribution in [0, 0.1) is 0 Å². The molecular weight excluding hydrogens is 810 g/mol. The Bertz CT molecular complexity index is 2540. The minimum Gasteiger partial charge on any atom is -0.481 e. The third kappa shape index (κ3) is 11.5. The summed E-state index contributed by atoms with van der Waals surface area (Å²) in [4.78, 5) is 106. The topological polar surface area (TPSA) is 425 Å². The number of amides is 1. The molecule has 1 aliphatic heterocycles. The van der Waals surface area contributed by atoms with Crippen molar-refractivity contribution in [3.8, 4) is 0 Å². The number of nitrogens with two attached hydrogens (primary N) is 3. The monoisotopic (exact) mass is 853 g/mol. The quantitative estimate of drug-likeness (QED) is 0.0327. The third-order valence-electron chi connectivity index (χ3n) is 9.10. The van der Waals surface area contributed by atoms with Crippen molar-refractivity contribution in [3.05, 3.63) is 79.2 Å². The summed E-state index contributed by atoms with van der Waals surface area (Å²) in [7, 11) is 0. The Hall–Kier alpha value is -7.13. The lowest BCUT2D eigenvalue weighted by atomic mass is 10.1. The number of nitrogens with one attached hydrogen (secondary N) is 5. The molecular formula is C35H43N13O13. The summed E-state index contributed by atoms with van der Waals surface area (Å²) in [6.45, 7) is 0.154. The van der Waals surface area contributed by atoms with Gasteiger partial charge in [0, 0.05) is 17.7 Å². The first-order valence-electron chi connectivity index (χ1n) is 18.5. The lowest BCUT2D eigenvalue weighted by Gasteiger charge is -2.20. The molecule has 26 heteroatoms. The molecule has 1 saturated heterocycles. The predicted molar refractivity (Wildman–Crippen MR) is 211 cm³/mol. The van der Waals surface area contributed by atoms with Crippen LogP contribution >= 0.6 is 0 Å². The maximum Gasteiger partial charge on any atom is 0.328 e. The molecule has 26 nitrogen and oxygen atoms in total. The average Bonchev–Trinajstić information content (AvgIpc) is 3.77. The van der Waals surface area contributed by atoms with E-state index in [1.54, 1.807) is 12.1 Å². The third-order valence-corrected chi connectivity index (χ3v) is 9.10. The highest BCUT2D eigenvalue weighted by atomic mass is 16.6. The first-order valence-corrected chi connectivity index (χ1v) is 18.5. The molecule has 61 heavy (non-hydrogen) atoms. The first kappa shape index (κ1) is 45.0. The Morgan fingerprint density at radius 2 is 1.66 bits per heavy atom. The van der Waals surface area contributed by atoms with Crippen LogP contribution in [0.5, 0.6) is 0 Å². The molecule has 6 rings (SSSR count). The molecule has 1 fully saturated rings. The summed E-state index contributed by atoms with van der Waals surface area (Å²) in [6, 6.07) is 3.90. The van der Waals surface area contributed by atoms with Gasteiger partial charge >= 0.3 is 23.6 Å². The number of hydrogen-bond donors (Lipinski definition) is 12. The number of hydrogen-bond acceptors (Lipinski definition) is 19. The molecule has 0 bridgehead atoms. The van der Waals surface area contributed by atoms with Crippen molar-refractivity contribution >= 4 is 57.8 Å². The molecule has 15 N–H and O–H groups in total. The van der Waals surface area contributed by atoms with E-state index in [9.17, 15) is 48.9 Å². The number of unbranched alkanes of at least 4 members (excludes halogenated alkanes) is 1. The SMILES string of the molecule is NCCCC[C@H](N)C(=O)O.Nc1nc2ncc(CNc3ccc(C(=O)NC(CCC(=O)O)C(=O)OC[C@H]4O[C@@H](n5cnc6c(=O)[nH]c(=O)[nH]c65)[C@H](O)[C@@H]4O)cc3)nc2c(=O)[nH]1. The maximum absolute atomic E-state index is 13.1. The second kappa shape index (κ2) is 20.2. The predicted octanol–water partition coefficient (Wildman–Crippen LogP) is -3.01. The molecule has 5 heterocycles. The van der Waals surface area contributed by atoms with Gasteiger partial charge in [0.2, 0.25) is 5.95 Å². The second-order valence-electron chi connectivity index (χ2n) is 13.5. The summed E-state index contributed by atoms with van der Waals surface area (Å²) in [6.07, 6.45) is -1.96. The van der Waals surface area contributed by atoms with Crippen molar-refractivity contribution in [2.24, 2.45) is 11.5 Å². The number of anilines is 2. The number of carboxylic acid groups (broad SMARTS) is 2. The van der Waals surface area contributed by atoms with Gasteiger partial charge in [-0.3, -0.25) is 43.5 Å². The summed E-state index contributed by atoms with van der Waals surface area (Å²) in [5.74, 6) is -4.00. The number of aliphatic hydroxyl groups excluding tert-OH is 2. The summed E-state index contributed by atoms with van der Waals surface area (Å²) in [5, 5.41) is 44.3. The summed E-state index contributed by atoms with van der Waals surface area (Å²) < 4.78 is 12.1. The van der Waals surface area contributed by atoms with Crippen LogP contribution in [0.1, 0.15) is 54.4 Å². The largest absolute Gasteiger partial charge is 0.481 e. The number of rotatable bonds is 17. The number of aromatic nitrogens is 8. The molecule has 1 aliphatic rings. The number of nitrogen functional groups attached to an aromatic ring is 1. The highest BCUT2D eigenvalue weighted by Crippen LogP contribution is 2.31. The van der Waals surface area contributed by atoms with Crippen molar-refractivity contribution in [2.75, 3.05) is 24.2 Å². The number of aromatic amines is 3. The van der Waals surface area contributed by atoms with Crippen LogP contribution in [0.3, 0.4) is 0 Å². The minimum absolute atomic E-state index is 0.0147. The number of fused-ring (bicyclic) bond motifs is 2. The molecule has 0 aliphatic carbocycles. The van der Waals surface area contributed by atoms with E-state index in [1.807, 2.05) is 4.98 Å². The summed E-state index contributed by atoms with van der Waals surface area (Å²) in [5.41, 5.74) is 14.8. The fourth-order valence-electron chi connectivity index (χ4n) is 5.89. The van der Waals surface area contributed by atoms with Crippen LogP contribution in [-0.4, -0.2) is 127 Å². The molecule has 1 aromatic carbocycles. The molecule has 1 amide bonds. The number of H-pyrrole nitrogens is 3. The van der Waals surface area contributed by atoms with Crippen LogP contribution in [-0.2, 0) is 30.4 Å². The normalized spacial score (nSPS) is 18.2. The highest BCUT2D eigenvalue weighted by molar-refractivity contribution is 5.97. The van der Waals surface area contributed by atoms with E-state index in [2.05, 4.69) is 40.5 Å². The van der Waals surface area contributed by atoms with Crippen LogP contribution in [0.2, 0.25) is 0 Å².